The fraction of sp³-hybridized carbons (Fsp3) is 0.588. The van der Waals surface area contributed by atoms with Crippen LogP contribution in [0.2, 0.25) is 0 Å². The SMILES string of the molecule is O=CC1(CN(CCO)Cc2ccccc2)CCCCC1. The zero-order valence-electron chi connectivity index (χ0n) is 12.1. The van der Waals surface area contributed by atoms with Crippen LogP contribution in [0.5, 0.6) is 0 Å². The summed E-state index contributed by atoms with van der Waals surface area (Å²) in [5.41, 5.74) is 1.04. The summed E-state index contributed by atoms with van der Waals surface area (Å²) >= 11 is 0. The maximum absolute atomic E-state index is 11.6. The topological polar surface area (TPSA) is 40.5 Å². The molecular weight excluding hydrogens is 250 g/mol. The number of hydrogen-bond donors (Lipinski definition) is 1. The third-order valence-electron chi connectivity index (χ3n) is 4.30. The normalized spacial score (nSPS) is 18.1. The molecule has 0 aliphatic heterocycles. The van der Waals surface area contributed by atoms with Crippen molar-refractivity contribution in [1.82, 2.24) is 4.90 Å². The minimum absolute atomic E-state index is 0.141. The van der Waals surface area contributed by atoms with Crippen LogP contribution in [0, 0.1) is 5.41 Å². The zero-order chi connectivity index (χ0) is 14.3. The van der Waals surface area contributed by atoms with Crippen LogP contribution in [0.3, 0.4) is 0 Å². The molecule has 3 heteroatoms. The summed E-state index contributed by atoms with van der Waals surface area (Å²) < 4.78 is 0. The molecule has 0 saturated heterocycles. The Kier molecular flexibility index (Phi) is 5.74. The molecule has 1 aromatic carbocycles. The van der Waals surface area contributed by atoms with E-state index in [9.17, 15) is 9.90 Å². The number of carbonyl (C=O) groups excluding carboxylic acids is 1. The fourth-order valence-electron chi connectivity index (χ4n) is 3.21. The summed E-state index contributed by atoms with van der Waals surface area (Å²) in [7, 11) is 0. The first-order valence-electron chi connectivity index (χ1n) is 7.61. The van der Waals surface area contributed by atoms with E-state index in [1.807, 2.05) is 18.2 Å². The Hall–Kier alpha value is -1.19. The van der Waals surface area contributed by atoms with Crippen molar-refractivity contribution < 1.29 is 9.90 Å². The van der Waals surface area contributed by atoms with Gasteiger partial charge in [0.25, 0.3) is 0 Å². The summed E-state index contributed by atoms with van der Waals surface area (Å²) in [5, 5.41) is 9.27. The van der Waals surface area contributed by atoms with Crippen molar-refractivity contribution in [3.05, 3.63) is 35.9 Å². The van der Waals surface area contributed by atoms with Gasteiger partial charge >= 0.3 is 0 Å². The number of benzene rings is 1. The van der Waals surface area contributed by atoms with Gasteiger partial charge in [0.05, 0.1) is 6.61 Å². The van der Waals surface area contributed by atoms with Gasteiger partial charge in [-0.1, -0.05) is 49.6 Å². The lowest BCUT2D eigenvalue weighted by molar-refractivity contribution is -0.119. The minimum atomic E-state index is -0.192. The molecular formula is C17H25NO2. The maximum atomic E-state index is 11.6. The fourth-order valence-corrected chi connectivity index (χ4v) is 3.21. The Balaban J connectivity index is 2.02. The molecule has 1 aliphatic rings. The monoisotopic (exact) mass is 275 g/mol. The van der Waals surface area contributed by atoms with Crippen LogP contribution in [0.4, 0.5) is 0 Å². The molecule has 1 fully saturated rings. The number of nitrogens with zero attached hydrogens (tertiary/aromatic N) is 1. The van der Waals surface area contributed by atoms with Crippen LogP contribution in [-0.4, -0.2) is 36.0 Å². The zero-order valence-corrected chi connectivity index (χ0v) is 12.1. The van der Waals surface area contributed by atoms with Gasteiger partial charge in [0, 0.05) is 25.0 Å². The largest absolute Gasteiger partial charge is 0.395 e. The standard InChI is InChI=1S/C17H25NO2/c19-12-11-18(13-16-7-3-1-4-8-16)14-17(15-20)9-5-2-6-10-17/h1,3-4,7-8,15,19H,2,5-6,9-14H2. The molecule has 0 heterocycles. The number of aldehydes is 1. The second-order valence-electron chi connectivity index (χ2n) is 5.96. The predicted molar refractivity (Wildman–Crippen MR) is 80.4 cm³/mol. The smallest absolute Gasteiger partial charge is 0.127 e. The van der Waals surface area contributed by atoms with Gasteiger partial charge in [0.1, 0.15) is 6.29 Å². The molecule has 110 valence electrons. The van der Waals surface area contributed by atoms with E-state index in [0.717, 1.165) is 38.8 Å². The van der Waals surface area contributed by atoms with Gasteiger partial charge in [-0.3, -0.25) is 4.90 Å². The average Bonchev–Trinajstić information content (AvgIpc) is 2.49. The minimum Gasteiger partial charge on any atom is -0.395 e. The number of carbonyl (C=O) groups is 1. The lowest BCUT2D eigenvalue weighted by Crippen LogP contribution is -2.41. The van der Waals surface area contributed by atoms with Crippen LogP contribution in [0.15, 0.2) is 30.3 Å². The Bertz CT molecular complexity index is 399. The molecule has 1 saturated carbocycles. The molecule has 2 rings (SSSR count). The van der Waals surface area contributed by atoms with Crippen molar-refractivity contribution in [2.75, 3.05) is 19.7 Å². The van der Waals surface area contributed by atoms with E-state index in [0.29, 0.717) is 6.54 Å². The molecule has 1 aliphatic carbocycles. The van der Waals surface area contributed by atoms with Gasteiger partial charge in [0.2, 0.25) is 0 Å². The molecule has 0 radical (unpaired) electrons. The number of aliphatic hydroxyl groups excluding tert-OH is 1. The second-order valence-corrected chi connectivity index (χ2v) is 5.96. The molecule has 0 unspecified atom stereocenters. The Morgan fingerprint density at radius 1 is 1.15 bits per heavy atom. The van der Waals surface area contributed by atoms with E-state index in [1.165, 1.54) is 18.3 Å². The number of rotatable bonds is 7. The first-order valence-corrected chi connectivity index (χ1v) is 7.61. The van der Waals surface area contributed by atoms with Crippen molar-refractivity contribution in [2.45, 2.75) is 38.6 Å². The predicted octanol–water partition coefficient (Wildman–Crippen LogP) is 2.63. The summed E-state index contributed by atoms with van der Waals surface area (Å²) in [4.78, 5) is 13.8. The van der Waals surface area contributed by atoms with Gasteiger partial charge in [-0.2, -0.15) is 0 Å². The van der Waals surface area contributed by atoms with Crippen molar-refractivity contribution in [3.63, 3.8) is 0 Å². The molecule has 0 amide bonds. The number of aliphatic hydroxyl groups is 1. The second kappa shape index (κ2) is 7.55. The maximum Gasteiger partial charge on any atom is 0.127 e. The van der Waals surface area contributed by atoms with E-state index in [1.54, 1.807) is 0 Å². The van der Waals surface area contributed by atoms with Crippen LogP contribution in [0.25, 0.3) is 0 Å². The van der Waals surface area contributed by atoms with Crippen LogP contribution >= 0.6 is 0 Å². The summed E-state index contributed by atoms with van der Waals surface area (Å²) in [6.07, 6.45) is 6.70. The highest BCUT2D eigenvalue weighted by Gasteiger charge is 2.33. The Labute approximate surface area is 121 Å². The Morgan fingerprint density at radius 3 is 2.45 bits per heavy atom. The van der Waals surface area contributed by atoms with Crippen LogP contribution in [-0.2, 0) is 11.3 Å². The molecule has 1 aromatic rings. The molecule has 1 N–H and O–H groups in total. The van der Waals surface area contributed by atoms with E-state index in [2.05, 4.69) is 17.0 Å². The summed E-state index contributed by atoms with van der Waals surface area (Å²) in [6.45, 7) is 2.34. The van der Waals surface area contributed by atoms with E-state index >= 15 is 0 Å². The lowest BCUT2D eigenvalue weighted by Gasteiger charge is -2.37. The van der Waals surface area contributed by atoms with Crippen molar-refractivity contribution >= 4 is 6.29 Å². The summed E-state index contributed by atoms with van der Waals surface area (Å²) in [6, 6.07) is 10.3. The van der Waals surface area contributed by atoms with E-state index in [4.69, 9.17) is 0 Å². The molecule has 0 aromatic heterocycles. The first-order chi connectivity index (χ1) is 9.78. The quantitative estimate of drug-likeness (QED) is 0.778. The van der Waals surface area contributed by atoms with Crippen molar-refractivity contribution in [3.8, 4) is 0 Å². The van der Waals surface area contributed by atoms with Gasteiger partial charge in [-0.05, 0) is 18.4 Å². The highest BCUT2D eigenvalue weighted by atomic mass is 16.3. The van der Waals surface area contributed by atoms with Gasteiger partial charge in [-0.15, -0.1) is 0 Å². The van der Waals surface area contributed by atoms with Gasteiger partial charge < -0.3 is 9.90 Å². The lowest BCUT2D eigenvalue weighted by atomic mass is 9.75. The molecule has 0 spiro atoms. The summed E-state index contributed by atoms with van der Waals surface area (Å²) in [5.74, 6) is 0. The van der Waals surface area contributed by atoms with Gasteiger partial charge in [0.15, 0.2) is 0 Å². The van der Waals surface area contributed by atoms with Crippen molar-refractivity contribution in [1.29, 1.82) is 0 Å². The number of hydrogen-bond acceptors (Lipinski definition) is 3. The van der Waals surface area contributed by atoms with Crippen LogP contribution in [0.1, 0.15) is 37.7 Å². The third-order valence-corrected chi connectivity index (χ3v) is 4.30. The molecule has 20 heavy (non-hydrogen) atoms. The highest BCUT2D eigenvalue weighted by molar-refractivity contribution is 5.60. The highest BCUT2D eigenvalue weighted by Crippen LogP contribution is 2.35. The molecule has 0 bridgehead atoms. The molecule has 3 nitrogen and oxygen atoms in total. The first kappa shape index (κ1) is 15.2. The molecule has 0 atom stereocenters. The van der Waals surface area contributed by atoms with E-state index < -0.39 is 0 Å². The van der Waals surface area contributed by atoms with Crippen LogP contribution < -0.4 is 0 Å². The third kappa shape index (κ3) is 4.15. The van der Waals surface area contributed by atoms with Gasteiger partial charge in [-0.25, -0.2) is 0 Å². The Morgan fingerprint density at radius 2 is 1.85 bits per heavy atom. The van der Waals surface area contributed by atoms with E-state index in [-0.39, 0.29) is 12.0 Å². The van der Waals surface area contributed by atoms with Crippen molar-refractivity contribution in [2.24, 2.45) is 5.41 Å². The average molecular weight is 275 g/mol.